The number of rotatable bonds is 3. The van der Waals surface area contributed by atoms with Crippen molar-refractivity contribution in [1.82, 2.24) is 25.1 Å². The van der Waals surface area contributed by atoms with Gasteiger partial charge in [-0.25, -0.2) is 4.98 Å². The number of nitrogens with zero attached hydrogens (tertiary/aromatic N) is 4. The number of amides is 1. The Morgan fingerprint density at radius 1 is 1.35 bits per heavy atom. The second kappa shape index (κ2) is 3.97. The zero-order valence-corrected chi connectivity index (χ0v) is 9.08. The molecule has 1 N–H and O–H groups in total. The Kier molecular flexibility index (Phi) is 2.32. The van der Waals surface area contributed by atoms with E-state index >= 15 is 0 Å². The molecule has 86 valence electrons. The van der Waals surface area contributed by atoms with Crippen LogP contribution in [0.25, 0.3) is 5.82 Å². The van der Waals surface area contributed by atoms with E-state index in [1.165, 1.54) is 0 Å². The van der Waals surface area contributed by atoms with Crippen molar-refractivity contribution >= 4 is 5.91 Å². The molecular formula is C11H11N5O. The molecule has 6 heteroatoms. The molecule has 1 amide bonds. The highest BCUT2D eigenvalue weighted by Crippen LogP contribution is 2.19. The number of carbonyl (C=O) groups excluding carboxylic acids is 1. The number of aromatic nitrogens is 4. The molecule has 0 radical (unpaired) electrons. The van der Waals surface area contributed by atoms with Gasteiger partial charge in [-0.3, -0.25) is 9.36 Å². The van der Waals surface area contributed by atoms with Gasteiger partial charge in [0.1, 0.15) is 18.5 Å². The fourth-order valence-electron chi connectivity index (χ4n) is 1.52. The molecule has 2 heterocycles. The average Bonchev–Trinajstić information content (AvgIpc) is 3.00. The summed E-state index contributed by atoms with van der Waals surface area (Å²) in [5.74, 6) is 0.586. The Morgan fingerprint density at radius 3 is 2.82 bits per heavy atom. The van der Waals surface area contributed by atoms with Gasteiger partial charge in [0.15, 0.2) is 0 Å². The molecule has 2 aromatic rings. The van der Waals surface area contributed by atoms with Gasteiger partial charge in [-0.15, -0.1) is 10.2 Å². The third-order valence-electron chi connectivity index (χ3n) is 2.60. The number of hydrogen-bond donors (Lipinski definition) is 1. The first-order valence-electron chi connectivity index (χ1n) is 5.45. The van der Waals surface area contributed by atoms with E-state index in [1.54, 1.807) is 35.6 Å². The summed E-state index contributed by atoms with van der Waals surface area (Å²) in [6, 6.07) is 3.78. The van der Waals surface area contributed by atoms with Crippen LogP contribution in [0.2, 0.25) is 0 Å². The first-order chi connectivity index (χ1) is 8.33. The molecular weight excluding hydrogens is 218 g/mol. The SMILES string of the molecule is O=C(NC1CC1)c1ccnc(-n2cnnc2)c1. The molecule has 1 aliphatic carbocycles. The molecule has 17 heavy (non-hydrogen) atoms. The summed E-state index contributed by atoms with van der Waals surface area (Å²) in [4.78, 5) is 16.0. The fraction of sp³-hybridized carbons (Fsp3) is 0.273. The maximum Gasteiger partial charge on any atom is 0.251 e. The van der Waals surface area contributed by atoms with E-state index in [4.69, 9.17) is 0 Å². The summed E-state index contributed by atoms with van der Waals surface area (Å²) in [6.07, 6.45) is 6.86. The molecule has 0 bridgehead atoms. The molecule has 6 nitrogen and oxygen atoms in total. The van der Waals surface area contributed by atoms with Crippen LogP contribution < -0.4 is 5.32 Å². The second-order valence-electron chi connectivity index (χ2n) is 4.02. The zero-order chi connectivity index (χ0) is 11.7. The summed E-state index contributed by atoms with van der Waals surface area (Å²) in [6.45, 7) is 0. The van der Waals surface area contributed by atoms with Crippen LogP contribution in [0.15, 0.2) is 31.0 Å². The molecule has 0 aromatic carbocycles. The largest absolute Gasteiger partial charge is 0.349 e. The molecule has 0 atom stereocenters. The summed E-state index contributed by atoms with van der Waals surface area (Å²) in [7, 11) is 0. The topological polar surface area (TPSA) is 72.7 Å². The number of pyridine rings is 1. The molecule has 1 saturated carbocycles. The van der Waals surface area contributed by atoms with Gasteiger partial charge in [-0.2, -0.15) is 0 Å². The van der Waals surface area contributed by atoms with Crippen molar-refractivity contribution in [1.29, 1.82) is 0 Å². The van der Waals surface area contributed by atoms with Gasteiger partial charge < -0.3 is 5.32 Å². The van der Waals surface area contributed by atoms with Crippen LogP contribution in [0.4, 0.5) is 0 Å². The molecule has 3 rings (SSSR count). The van der Waals surface area contributed by atoms with Gasteiger partial charge in [-0.05, 0) is 25.0 Å². The van der Waals surface area contributed by atoms with Crippen molar-refractivity contribution in [3.8, 4) is 5.82 Å². The summed E-state index contributed by atoms with van der Waals surface area (Å²) in [5.41, 5.74) is 0.607. The van der Waals surface area contributed by atoms with Crippen molar-refractivity contribution in [3.63, 3.8) is 0 Å². The maximum absolute atomic E-state index is 11.8. The van der Waals surface area contributed by atoms with Gasteiger partial charge in [0.2, 0.25) is 0 Å². The van der Waals surface area contributed by atoms with Crippen molar-refractivity contribution in [2.45, 2.75) is 18.9 Å². The molecule has 1 aliphatic rings. The third kappa shape index (κ3) is 2.15. The van der Waals surface area contributed by atoms with E-state index in [-0.39, 0.29) is 5.91 Å². The highest BCUT2D eigenvalue weighted by Gasteiger charge is 2.23. The summed E-state index contributed by atoms with van der Waals surface area (Å²) >= 11 is 0. The lowest BCUT2D eigenvalue weighted by Gasteiger charge is -2.05. The lowest BCUT2D eigenvalue weighted by Crippen LogP contribution is -2.25. The lowest BCUT2D eigenvalue weighted by molar-refractivity contribution is 0.0951. The Balaban J connectivity index is 1.85. The van der Waals surface area contributed by atoms with E-state index in [2.05, 4.69) is 20.5 Å². The monoisotopic (exact) mass is 229 g/mol. The Morgan fingerprint density at radius 2 is 2.12 bits per heavy atom. The minimum absolute atomic E-state index is 0.0516. The second-order valence-corrected chi connectivity index (χ2v) is 4.02. The quantitative estimate of drug-likeness (QED) is 0.834. The number of hydrogen-bond acceptors (Lipinski definition) is 4. The lowest BCUT2D eigenvalue weighted by atomic mass is 10.2. The predicted molar refractivity (Wildman–Crippen MR) is 59.6 cm³/mol. The van der Waals surface area contributed by atoms with Gasteiger partial charge >= 0.3 is 0 Å². The zero-order valence-electron chi connectivity index (χ0n) is 9.08. The smallest absolute Gasteiger partial charge is 0.251 e. The number of carbonyl (C=O) groups is 1. The molecule has 0 aliphatic heterocycles. The summed E-state index contributed by atoms with van der Waals surface area (Å²) in [5, 5.41) is 10.3. The minimum atomic E-state index is -0.0516. The fourth-order valence-corrected chi connectivity index (χ4v) is 1.52. The molecule has 0 spiro atoms. The minimum Gasteiger partial charge on any atom is -0.349 e. The van der Waals surface area contributed by atoms with E-state index in [0.717, 1.165) is 12.8 Å². The number of nitrogens with one attached hydrogen (secondary N) is 1. The average molecular weight is 229 g/mol. The van der Waals surface area contributed by atoms with Crippen molar-refractivity contribution < 1.29 is 4.79 Å². The normalized spacial score (nSPS) is 14.6. The van der Waals surface area contributed by atoms with Crippen LogP contribution >= 0.6 is 0 Å². The molecule has 0 saturated heterocycles. The highest BCUT2D eigenvalue weighted by molar-refractivity contribution is 5.94. The van der Waals surface area contributed by atoms with Crippen molar-refractivity contribution in [3.05, 3.63) is 36.5 Å². The van der Waals surface area contributed by atoms with Gasteiger partial charge in [0.05, 0.1) is 0 Å². The molecule has 1 fully saturated rings. The van der Waals surface area contributed by atoms with Crippen LogP contribution in [0.5, 0.6) is 0 Å². The summed E-state index contributed by atoms with van der Waals surface area (Å²) < 4.78 is 1.66. The van der Waals surface area contributed by atoms with Crippen molar-refractivity contribution in [2.24, 2.45) is 0 Å². The van der Waals surface area contributed by atoms with Crippen LogP contribution in [0, 0.1) is 0 Å². The Bertz CT molecular complexity index is 533. The van der Waals surface area contributed by atoms with Crippen LogP contribution in [0.1, 0.15) is 23.2 Å². The highest BCUT2D eigenvalue weighted by atomic mass is 16.1. The standard InChI is InChI=1S/C11H11N5O/c17-11(15-9-1-2-9)8-3-4-12-10(5-8)16-6-13-14-7-16/h3-7,9H,1-2H2,(H,15,17). The van der Waals surface area contributed by atoms with E-state index in [0.29, 0.717) is 17.4 Å². The van der Waals surface area contributed by atoms with E-state index < -0.39 is 0 Å². The van der Waals surface area contributed by atoms with Crippen molar-refractivity contribution in [2.75, 3.05) is 0 Å². The predicted octanol–water partition coefficient (Wildman–Crippen LogP) is 0.554. The Hall–Kier alpha value is -2.24. The van der Waals surface area contributed by atoms with Gasteiger partial charge in [-0.1, -0.05) is 0 Å². The first kappa shape index (κ1) is 9.95. The van der Waals surface area contributed by atoms with Crippen LogP contribution in [-0.2, 0) is 0 Å². The first-order valence-corrected chi connectivity index (χ1v) is 5.45. The molecule has 0 unspecified atom stereocenters. The maximum atomic E-state index is 11.8. The third-order valence-corrected chi connectivity index (χ3v) is 2.60. The van der Waals surface area contributed by atoms with E-state index in [1.807, 2.05) is 0 Å². The van der Waals surface area contributed by atoms with Crippen LogP contribution in [-0.4, -0.2) is 31.7 Å². The van der Waals surface area contributed by atoms with Gasteiger partial charge in [0, 0.05) is 17.8 Å². The van der Waals surface area contributed by atoms with Crippen LogP contribution in [0.3, 0.4) is 0 Å². The van der Waals surface area contributed by atoms with E-state index in [9.17, 15) is 4.79 Å². The molecule has 2 aromatic heterocycles. The van der Waals surface area contributed by atoms with Gasteiger partial charge in [0.25, 0.3) is 5.91 Å². The Labute approximate surface area is 97.7 Å².